The Morgan fingerprint density at radius 1 is 1.00 bits per heavy atom. The van der Waals surface area contributed by atoms with Gasteiger partial charge in [0.05, 0.1) is 15.9 Å². The lowest BCUT2D eigenvalue weighted by Gasteiger charge is -2.29. The van der Waals surface area contributed by atoms with Gasteiger partial charge in [-0.3, -0.25) is 19.8 Å². The van der Waals surface area contributed by atoms with Crippen LogP contribution in [0.15, 0.2) is 84.4 Å². The molecular weight excluding hydrogens is 647 g/mol. The molecule has 0 saturated carbocycles. The van der Waals surface area contributed by atoms with Crippen molar-refractivity contribution in [2.75, 3.05) is 11.5 Å². The summed E-state index contributed by atoms with van der Waals surface area (Å²) in [6.45, 7) is 2.65. The number of anilines is 1. The smallest absolute Gasteiger partial charge is 0.270 e. The molecule has 39 heavy (non-hydrogen) atoms. The maximum atomic E-state index is 13.4. The molecule has 0 radical (unpaired) electrons. The number of thiocarbonyl (C=S) groups is 1. The Labute approximate surface area is 249 Å². The number of fused-ring (bicyclic) bond motifs is 1. The molecule has 1 fully saturated rings. The molecule has 0 bridgehead atoms. The number of rotatable bonds is 7. The third-order valence-electron chi connectivity index (χ3n) is 6.08. The zero-order valence-corrected chi connectivity index (χ0v) is 24.5. The van der Waals surface area contributed by atoms with Crippen molar-refractivity contribution in [2.24, 2.45) is 0 Å². The van der Waals surface area contributed by atoms with Crippen LogP contribution in [0, 0.1) is 3.57 Å². The van der Waals surface area contributed by atoms with E-state index in [4.69, 9.17) is 33.3 Å². The van der Waals surface area contributed by atoms with Gasteiger partial charge in [0.25, 0.3) is 11.8 Å². The predicted molar refractivity (Wildman–Crippen MR) is 166 cm³/mol. The predicted octanol–water partition coefficient (Wildman–Crippen LogP) is 6.91. The topological polar surface area (TPSA) is 67.9 Å². The summed E-state index contributed by atoms with van der Waals surface area (Å²) in [4.78, 5) is 27.4. The molecule has 1 heterocycles. The number of carbonyl (C=O) groups is 2. The van der Waals surface area contributed by atoms with Gasteiger partial charge in [-0.2, -0.15) is 0 Å². The van der Waals surface area contributed by atoms with E-state index in [-0.39, 0.29) is 10.7 Å². The second-order valence-electron chi connectivity index (χ2n) is 8.62. The van der Waals surface area contributed by atoms with E-state index in [2.05, 4.69) is 46.1 Å². The molecule has 1 N–H and O–H groups in total. The first-order valence-electron chi connectivity index (χ1n) is 12.1. The third kappa shape index (κ3) is 5.78. The molecule has 0 aliphatic carbocycles. The molecule has 6 nitrogen and oxygen atoms in total. The van der Waals surface area contributed by atoms with Crippen LogP contribution in [0.3, 0.4) is 0 Å². The number of ether oxygens (including phenoxy) is 2. The number of nitrogens with one attached hydrogen (secondary N) is 1. The van der Waals surface area contributed by atoms with Gasteiger partial charge in [-0.25, -0.2) is 0 Å². The minimum atomic E-state index is -0.570. The molecule has 9 heteroatoms. The molecule has 0 atom stereocenters. The number of hydrogen-bond donors (Lipinski definition) is 1. The van der Waals surface area contributed by atoms with Gasteiger partial charge in [-0.1, -0.05) is 54.1 Å². The summed E-state index contributed by atoms with van der Waals surface area (Å²) in [6.07, 6.45) is 1.53. The van der Waals surface area contributed by atoms with Gasteiger partial charge >= 0.3 is 0 Å². The van der Waals surface area contributed by atoms with Gasteiger partial charge in [-0.05, 0) is 106 Å². The van der Waals surface area contributed by atoms with Crippen LogP contribution in [-0.4, -0.2) is 23.5 Å². The number of carbonyl (C=O) groups excluding carboxylic acids is 2. The molecule has 0 unspecified atom stereocenters. The van der Waals surface area contributed by atoms with Crippen LogP contribution in [0.25, 0.3) is 16.8 Å². The summed E-state index contributed by atoms with van der Waals surface area (Å²) in [5.41, 5.74) is 2.12. The van der Waals surface area contributed by atoms with E-state index < -0.39 is 11.8 Å². The number of benzene rings is 4. The molecule has 0 spiro atoms. The summed E-state index contributed by atoms with van der Waals surface area (Å²) in [6, 6.07) is 24.5. The standard InChI is InChI=1S/C30H22ClIN2O4S/c1-2-37-26-16-18(14-24-28(35)33-30(39)34(29(24)36)22-12-10-21(31)11-13-22)15-25(32)27(26)38-17-20-8-5-7-19-6-3-4-9-23(19)20/h3-16H,2,17H2,1H3,(H,33,35,39)/b24-14+. The van der Waals surface area contributed by atoms with Gasteiger partial charge in [0.1, 0.15) is 12.2 Å². The maximum absolute atomic E-state index is 13.4. The van der Waals surface area contributed by atoms with Crippen molar-refractivity contribution in [3.63, 3.8) is 0 Å². The van der Waals surface area contributed by atoms with Crippen LogP contribution in [0.2, 0.25) is 5.02 Å². The minimum absolute atomic E-state index is 0.00578. The van der Waals surface area contributed by atoms with Crippen molar-refractivity contribution in [3.8, 4) is 11.5 Å². The van der Waals surface area contributed by atoms with Crippen LogP contribution in [0.4, 0.5) is 5.69 Å². The Balaban J connectivity index is 1.46. The van der Waals surface area contributed by atoms with E-state index in [1.807, 2.05) is 37.3 Å². The fourth-order valence-corrected chi connectivity index (χ4v) is 5.48. The monoisotopic (exact) mass is 668 g/mol. The van der Waals surface area contributed by atoms with E-state index in [1.54, 1.807) is 30.3 Å². The number of hydrogen-bond acceptors (Lipinski definition) is 5. The van der Waals surface area contributed by atoms with Crippen molar-refractivity contribution in [1.29, 1.82) is 0 Å². The average Bonchev–Trinajstić information content (AvgIpc) is 2.92. The lowest BCUT2D eigenvalue weighted by molar-refractivity contribution is -0.122. The first-order chi connectivity index (χ1) is 18.9. The van der Waals surface area contributed by atoms with Gasteiger partial charge in [0.2, 0.25) is 0 Å². The van der Waals surface area contributed by atoms with Crippen LogP contribution >= 0.6 is 46.4 Å². The fourth-order valence-electron chi connectivity index (χ4n) is 4.29. The van der Waals surface area contributed by atoms with Crippen molar-refractivity contribution >= 4 is 85.9 Å². The van der Waals surface area contributed by atoms with Gasteiger partial charge in [-0.15, -0.1) is 0 Å². The maximum Gasteiger partial charge on any atom is 0.270 e. The second kappa shape index (κ2) is 11.7. The number of halogens is 2. The quantitative estimate of drug-likeness (QED) is 0.100. The number of nitrogens with zero attached hydrogens (tertiary/aromatic N) is 1. The highest BCUT2D eigenvalue weighted by Crippen LogP contribution is 2.36. The van der Waals surface area contributed by atoms with Crippen LogP contribution in [0.5, 0.6) is 11.5 Å². The zero-order chi connectivity index (χ0) is 27.5. The van der Waals surface area contributed by atoms with Crippen molar-refractivity contribution in [1.82, 2.24) is 5.32 Å². The summed E-state index contributed by atoms with van der Waals surface area (Å²) < 4.78 is 12.9. The van der Waals surface area contributed by atoms with E-state index in [0.29, 0.717) is 41.0 Å². The third-order valence-corrected chi connectivity index (χ3v) is 7.42. The Morgan fingerprint density at radius 2 is 1.74 bits per heavy atom. The number of amides is 2. The lowest BCUT2D eigenvalue weighted by atomic mass is 10.1. The summed E-state index contributed by atoms with van der Waals surface area (Å²) in [7, 11) is 0. The summed E-state index contributed by atoms with van der Waals surface area (Å²) in [5, 5.41) is 5.40. The largest absolute Gasteiger partial charge is 0.490 e. The van der Waals surface area contributed by atoms with Crippen LogP contribution in [-0.2, 0) is 16.2 Å². The molecule has 1 saturated heterocycles. The SMILES string of the molecule is CCOc1cc(/C=C2\C(=O)NC(=S)N(c3ccc(Cl)cc3)C2=O)cc(I)c1OCc1cccc2ccccc12. The molecule has 1 aliphatic rings. The molecule has 0 aromatic heterocycles. The molecule has 1 aliphatic heterocycles. The molecule has 196 valence electrons. The molecule has 5 rings (SSSR count). The van der Waals surface area contributed by atoms with E-state index in [0.717, 1.165) is 19.9 Å². The van der Waals surface area contributed by atoms with Crippen molar-refractivity contribution < 1.29 is 19.1 Å². The van der Waals surface area contributed by atoms with E-state index in [1.165, 1.54) is 11.0 Å². The fraction of sp³-hybridized carbons (Fsp3) is 0.100. The average molecular weight is 669 g/mol. The van der Waals surface area contributed by atoms with Crippen molar-refractivity contribution in [3.05, 3.63) is 104 Å². The molecule has 2 amide bonds. The molecular formula is C30H22ClIN2O4S. The zero-order valence-electron chi connectivity index (χ0n) is 20.7. The van der Waals surface area contributed by atoms with E-state index >= 15 is 0 Å². The van der Waals surface area contributed by atoms with Crippen molar-refractivity contribution in [2.45, 2.75) is 13.5 Å². The Kier molecular flexibility index (Phi) is 8.15. The van der Waals surface area contributed by atoms with Crippen LogP contribution < -0.4 is 19.7 Å². The van der Waals surface area contributed by atoms with Gasteiger partial charge in [0, 0.05) is 5.02 Å². The first-order valence-corrected chi connectivity index (χ1v) is 13.9. The molecule has 4 aromatic rings. The minimum Gasteiger partial charge on any atom is -0.490 e. The summed E-state index contributed by atoms with van der Waals surface area (Å²) >= 11 is 13.4. The Morgan fingerprint density at radius 3 is 2.51 bits per heavy atom. The lowest BCUT2D eigenvalue weighted by Crippen LogP contribution is -2.54. The normalized spacial score (nSPS) is 14.6. The highest BCUT2D eigenvalue weighted by molar-refractivity contribution is 14.1. The second-order valence-corrected chi connectivity index (χ2v) is 10.6. The Bertz CT molecular complexity index is 1630. The highest BCUT2D eigenvalue weighted by Gasteiger charge is 2.34. The van der Waals surface area contributed by atoms with Gasteiger partial charge in [0.15, 0.2) is 16.6 Å². The van der Waals surface area contributed by atoms with Crippen LogP contribution in [0.1, 0.15) is 18.1 Å². The Hall–Kier alpha value is -3.47. The summed E-state index contributed by atoms with van der Waals surface area (Å²) in [5.74, 6) is 0.0101. The van der Waals surface area contributed by atoms with Gasteiger partial charge < -0.3 is 9.47 Å². The first kappa shape index (κ1) is 27.1. The molecule has 4 aromatic carbocycles. The highest BCUT2D eigenvalue weighted by atomic mass is 127. The van der Waals surface area contributed by atoms with E-state index in [9.17, 15) is 9.59 Å².